The Hall–Kier alpha value is -1.44. The van der Waals surface area contributed by atoms with Gasteiger partial charge in [0.2, 0.25) is 0 Å². The van der Waals surface area contributed by atoms with E-state index >= 15 is 0 Å². The molecule has 0 saturated carbocycles. The predicted molar refractivity (Wildman–Crippen MR) is 57.9 cm³/mol. The van der Waals surface area contributed by atoms with Crippen molar-refractivity contribution in [3.63, 3.8) is 0 Å². The van der Waals surface area contributed by atoms with Crippen LogP contribution in [-0.4, -0.2) is 29.1 Å². The number of aromatic nitrogens is 2. The van der Waals surface area contributed by atoms with Crippen molar-refractivity contribution >= 4 is 15.7 Å². The topological polar surface area (TPSA) is 106 Å². The highest BCUT2D eigenvalue weighted by Crippen LogP contribution is 2.28. The second kappa shape index (κ2) is 4.20. The van der Waals surface area contributed by atoms with Gasteiger partial charge in [0.25, 0.3) is 0 Å². The second-order valence-electron chi connectivity index (χ2n) is 3.41. The van der Waals surface area contributed by atoms with Crippen molar-refractivity contribution in [2.45, 2.75) is 26.0 Å². The lowest BCUT2D eigenvalue weighted by molar-refractivity contribution is -0.390. The molecule has 0 aliphatic carbocycles. The van der Waals surface area contributed by atoms with Crippen molar-refractivity contribution < 1.29 is 13.3 Å². The van der Waals surface area contributed by atoms with Crippen LogP contribution in [0.2, 0.25) is 0 Å². The van der Waals surface area contributed by atoms with Gasteiger partial charge in [0.1, 0.15) is 5.25 Å². The van der Waals surface area contributed by atoms with Gasteiger partial charge in [-0.3, -0.25) is 0 Å². The van der Waals surface area contributed by atoms with Crippen LogP contribution in [0.25, 0.3) is 0 Å². The predicted octanol–water partition coefficient (Wildman–Crippen LogP) is 1.12. The molecule has 0 aromatic carbocycles. The van der Waals surface area contributed by atoms with Crippen molar-refractivity contribution in [2.75, 3.05) is 5.75 Å². The van der Waals surface area contributed by atoms with Crippen molar-refractivity contribution in [3.05, 3.63) is 21.6 Å². The summed E-state index contributed by atoms with van der Waals surface area (Å²) in [4.78, 5) is 16.4. The Balaban J connectivity index is 3.28. The van der Waals surface area contributed by atoms with Crippen LogP contribution < -0.4 is 0 Å². The molecular formula is C8H13N3O4S. The normalized spacial score (nSPS) is 13.7. The van der Waals surface area contributed by atoms with E-state index in [4.69, 9.17) is 0 Å². The van der Waals surface area contributed by atoms with E-state index in [1.165, 1.54) is 13.8 Å². The highest BCUT2D eigenvalue weighted by Gasteiger charge is 2.31. The molecule has 16 heavy (non-hydrogen) atoms. The van der Waals surface area contributed by atoms with Gasteiger partial charge < -0.3 is 10.1 Å². The summed E-state index contributed by atoms with van der Waals surface area (Å²) in [6, 6.07) is 0. The van der Waals surface area contributed by atoms with Gasteiger partial charge in [-0.1, -0.05) is 6.92 Å². The SMILES string of the molecule is CCS(=O)(=O)C(C)c1nc(C)[nH]c1[N+](=O)[O-]. The van der Waals surface area contributed by atoms with Gasteiger partial charge in [0.15, 0.2) is 21.4 Å². The van der Waals surface area contributed by atoms with Gasteiger partial charge in [-0.2, -0.15) is 0 Å². The molecule has 1 unspecified atom stereocenters. The van der Waals surface area contributed by atoms with Gasteiger partial charge in [0.05, 0.1) is 0 Å². The molecule has 0 spiro atoms. The minimum Gasteiger partial charge on any atom is -0.358 e. The van der Waals surface area contributed by atoms with Crippen LogP contribution in [0.15, 0.2) is 0 Å². The van der Waals surface area contributed by atoms with E-state index in [1.807, 2.05) is 0 Å². The van der Waals surface area contributed by atoms with Crippen LogP contribution in [0.5, 0.6) is 0 Å². The Bertz CT molecular complexity index is 505. The maximum atomic E-state index is 11.6. The van der Waals surface area contributed by atoms with Crippen molar-refractivity contribution in [3.8, 4) is 0 Å². The second-order valence-corrected chi connectivity index (χ2v) is 6.02. The van der Waals surface area contributed by atoms with Gasteiger partial charge >= 0.3 is 5.82 Å². The van der Waals surface area contributed by atoms with Gasteiger partial charge in [-0.05, 0) is 11.8 Å². The van der Waals surface area contributed by atoms with Gasteiger partial charge in [0, 0.05) is 12.7 Å². The lowest BCUT2D eigenvalue weighted by Gasteiger charge is -2.07. The summed E-state index contributed by atoms with van der Waals surface area (Å²) < 4.78 is 23.2. The van der Waals surface area contributed by atoms with E-state index in [9.17, 15) is 18.5 Å². The van der Waals surface area contributed by atoms with Crippen LogP contribution in [-0.2, 0) is 9.84 Å². The van der Waals surface area contributed by atoms with Crippen molar-refractivity contribution in [2.24, 2.45) is 0 Å². The molecule has 0 aliphatic heterocycles. The molecule has 1 heterocycles. The average molecular weight is 247 g/mol. The van der Waals surface area contributed by atoms with E-state index < -0.39 is 20.0 Å². The number of aromatic amines is 1. The Morgan fingerprint density at radius 1 is 1.56 bits per heavy atom. The zero-order chi connectivity index (χ0) is 12.5. The monoisotopic (exact) mass is 247 g/mol. The molecule has 1 atom stereocenters. The first-order valence-electron chi connectivity index (χ1n) is 4.72. The summed E-state index contributed by atoms with van der Waals surface area (Å²) in [5, 5.41) is 9.72. The van der Waals surface area contributed by atoms with Gasteiger partial charge in [-0.15, -0.1) is 0 Å². The van der Waals surface area contributed by atoms with E-state index in [2.05, 4.69) is 9.97 Å². The molecule has 90 valence electrons. The molecule has 1 rings (SSSR count). The zero-order valence-corrected chi connectivity index (χ0v) is 10.0. The van der Waals surface area contributed by atoms with Crippen molar-refractivity contribution in [1.82, 2.24) is 9.97 Å². The molecule has 1 N–H and O–H groups in total. The standard InChI is InChI=1S/C8H13N3O4S/c1-4-16(14,15)5(2)7-8(11(12)13)10-6(3)9-7/h5H,4H2,1-3H3,(H,9,10). The van der Waals surface area contributed by atoms with E-state index in [0.29, 0.717) is 5.82 Å². The summed E-state index contributed by atoms with van der Waals surface area (Å²) in [6.45, 7) is 4.44. The molecular weight excluding hydrogens is 234 g/mol. The molecule has 0 amide bonds. The summed E-state index contributed by atoms with van der Waals surface area (Å²) in [5.74, 6) is -0.0843. The number of hydrogen-bond acceptors (Lipinski definition) is 5. The Morgan fingerprint density at radius 3 is 2.56 bits per heavy atom. The molecule has 0 saturated heterocycles. The number of nitro groups is 1. The minimum atomic E-state index is -3.38. The number of hydrogen-bond donors (Lipinski definition) is 1. The van der Waals surface area contributed by atoms with Crippen LogP contribution >= 0.6 is 0 Å². The average Bonchev–Trinajstić information content (AvgIpc) is 2.59. The highest BCUT2D eigenvalue weighted by molar-refractivity contribution is 7.91. The number of sulfone groups is 1. The third-order valence-electron chi connectivity index (χ3n) is 2.34. The summed E-state index contributed by atoms with van der Waals surface area (Å²) >= 11 is 0. The number of nitrogens with zero attached hydrogens (tertiary/aromatic N) is 2. The Kier molecular flexibility index (Phi) is 3.32. The summed E-state index contributed by atoms with van der Waals surface area (Å²) in [6.07, 6.45) is 0. The number of imidazole rings is 1. The van der Waals surface area contributed by atoms with E-state index in [1.54, 1.807) is 6.92 Å². The number of aryl methyl sites for hydroxylation is 1. The van der Waals surface area contributed by atoms with Gasteiger partial charge in [-0.25, -0.2) is 18.4 Å². The third-order valence-corrected chi connectivity index (χ3v) is 4.44. The first-order valence-corrected chi connectivity index (χ1v) is 6.43. The molecule has 0 bridgehead atoms. The molecule has 0 radical (unpaired) electrons. The zero-order valence-electron chi connectivity index (χ0n) is 9.22. The van der Waals surface area contributed by atoms with Crippen molar-refractivity contribution in [1.29, 1.82) is 0 Å². The molecule has 1 aromatic heterocycles. The first kappa shape index (κ1) is 12.6. The fourth-order valence-corrected chi connectivity index (χ4v) is 2.34. The van der Waals surface area contributed by atoms with Crippen LogP contribution in [0.3, 0.4) is 0 Å². The molecule has 7 nitrogen and oxygen atoms in total. The maximum Gasteiger partial charge on any atom is 0.345 e. The van der Waals surface area contributed by atoms with E-state index in [0.717, 1.165) is 0 Å². The minimum absolute atomic E-state index is 0.0237. The fourth-order valence-electron chi connectivity index (χ4n) is 1.34. The van der Waals surface area contributed by atoms with Crippen LogP contribution in [0.4, 0.5) is 5.82 Å². The lowest BCUT2D eigenvalue weighted by Crippen LogP contribution is -2.14. The Morgan fingerprint density at radius 2 is 2.12 bits per heavy atom. The molecule has 8 heteroatoms. The van der Waals surface area contributed by atoms with Crippen LogP contribution in [0, 0.1) is 17.0 Å². The maximum absolute atomic E-state index is 11.6. The summed E-state index contributed by atoms with van der Waals surface area (Å²) in [7, 11) is -3.38. The quantitative estimate of drug-likeness (QED) is 0.633. The lowest BCUT2D eigenvalue weighted by atomic mass is 10.3. The molecule has 0 aliphatic rings. The first-order chi connectivity index (χ1) is 7.29. The smallest absolute Gasteiger partial charge is 0.345 e. The highest BCUT2D eigenvalue weighted by atomic mass is 32.2. The number of nitrogens with one attached hydrogen (secondary N) is 1. The number of rotatable bonds is 4. The Labute approximate surface area is 93.0 Å². The van der Waals surface area contributed by atoms with Crippen LogP contribution in [0.1, 0.15) is 30.6 Å². The number of H-pyrrole nitrogens is 1. The third kappa shape index (κ3) is 2.21. The molecule has 0 fully saturated rings. The van der Waals surface area contributed by atoms with E-state index in [-0.39, 0.29) is 17.3 Å². The molecule has 1 aromatic rings. The summed E-state index contributed by atoms with van der Waals surface area (Å²) in [5.41, 5.74) is -0.0237. The fraction of sp³-hybridized carbons (Fsp3) is 0.625. The largest absolute Gasteiger partial charge is 0.358 e.